The van der Waals surface area contributed by atoms with Crippen molar-refractivity contribution in [1.82, 2.24) is 4.90 Å². The maximum atomic E-state index is 14.6. The van der Waals surface area contributed by atoms with Gasteiger partial charge in [-0.3, -0.25) is 14.4 Å². The minimum atomic E-state index is -0.875. The lowest BCUT2D eigenvalue weighted by atomic mass is 9.70. The fourth-order valence-corrected chi connectivity index (χ4v) is 10.5. The molecule has 6 atom stereocenters. The first-order valence-corrected chi connectivity index (χ1v) is 16.5. The molecule has 3 heterocycles. The highest BCUT2D eigenvalue weighted by molar-refractivity contribution is 9.09. The van der Waals surface area contributed by atoms with Gasteiger partial charge in [0.15, 0.2) is 0 Å². The number of benzene rings is 2. The number of fused-ring (bicyclic) bond motifs is 1. The van der Waals surface area contributed by atoms with Crippen LogP contribution in [0.2, 0.25) is 0 Å². The highest BCUT2D eigenvalue weighted by Gasteiger charge is 2.76. The van der Waals surface area contributed by atoms with Crippen LogP contribution in [-0.4, -0.2) is 88.6 Å². The van der Waals surface area contributed by atoms with Gasteiger partial charge in [0.05, 0.1) is 36.9 Å². The summed E-state index contributed by atoms with van der Waals surface area (Å²) < 4.78 is 10.0. The van der Waals surface area contributed by atoms with E-state index in [1.807, 2.05) is 31.2 Å². The lowest BCUT2D eigenvalue weighted by molar-refractivity contribution is -0.139. The number of β-amino-alcohol motifs (C(OH)–C–C–N with tert-alkyl or cyclic N) is 1. The number of aliphatic hydroxyl groups is 1. The molecule has 2 aromatic rings. The molecule has 0 aromatic heterocycles. The van der Waals surface area contributed by atoms with Crippen molar-refractivity contribution < 1.29 is 29.0 Å². The van der Waals surface area contributed by atoms with Gasteiger partial charge in [0, 0.05) is 41.1 Å². The number of carbonyl (C=O) groups excluding carboxylic acids is 3. The van der Waals surface area contributed by atoms with Crippen LogP contribution in [0.15, 0.2) is 73.8 Å². The van der Waals surface area contributed by atoms with Gasteiger partial charge in [0.1, 0.15) is 17.5 Å². The Labute approximate surface area is 271 Å². The number of likely N-dealkylation sites (tertiary alicyclic amines) is 1. The number of hydrogen-bond donors (Lipinski definition) is 1. The second-order valence-electron chi connectivity index (χ2n) is 11.0. The number of methoxy groups -OCH3 is 1. The number of thioether (sulfide) groups is 1. The molecule has 9 nitrogen and oxygen atoms in total. The van der Waals surface area contributed by atoms with Gasteiger partial charge in [-0.15, -0.1) is 24.9 Å². The Bertz CT molecular complexity index is 1410. The SMILES string of the molecule is C=CCN(C(=O)C1N(CCO)C(=O)[C@@H]2[C@H](C(=O)N(CC=C)c3ccc(OCC)cc3)[C@H]3SC12CC3Br)c1ccc(OC)cc1. The number of nitrogens with zero attached hydrogens (tertiary/aromatic N) is 3. The van der Waals surface area contributed by atoms with E-state index in [1.54, 1.807) is 65.1 Å². The molecule has 3 fully saturated rings. The van der Waals surface area contributed by atoms with Gasteiger partial charge in [-0.25, -0.2) is 0 Å². The molecule has 2 bridgehead atoms. The predicted molar refractivity (Wildman–Crippen MR) is 177 cm³/mol. The van der Waals surface area contributed by atoms with Crippen molar-refractivity contribution in [1.29, 1.82) is 0 Å². The van der Waals surface area contributed by atoms with E-state index in [9.17, 15) is 19.5 Å². The Morgan fingerprint density at radius 3 is 2.14 bits per heavy atom. The van der Waals surface area contributed by atoms with Crippen molar-refractivity contribution in [3.05, 3.63) is 73.8 Å². The minimum Gasteiger partial charge on any atom is -0.497 e. The molecule has 3 aliphatic heterocycles. The molecule has 1 spiro atoms. The van der Waals surface area contributed by atoms with E-state index in [4.69, 9.17) is 9.47 Å². The summed E-state index contributed by atoms with van der Waals surface area (Å²) in [6.45, 7) is 10.3. The van der Waals surface area contributed by atoms with Gasteiger partial charge in [0.2, 0.25) is 11.8 Å². The average molecular weight is 685 g/mol. The Hall–Kier alpha value is -3.28. The third kappa shape index (κ3) is 5.43. The summed E-state index contributed by atoms with van der Waals surface area (Å²) in [5.74, 6) is -0.781. The zero-order chi connectivity index (χ0) is 31.6. The van der Waals surface area contributed by atoms with E-state index in [-0.39, 0.29) is 54.0 Å². The second-order valence-corrected chi connectivity index (χ2v) is 13.7. The maximum absolute atomic E-state index is 14.6. The summed E-state index contributed by atoms with van der Waals surface area (Å²) in [5, 5.41) is 9.81. The molecular formula is C33H38BrN3O6S. The summed E-state index contributed by atoms with van der Waals surface area (Å²) in [5.41, 5.74) is 1.31. The fourth-order valence-electron chi connectivity index (χ4n) is 6.92. The number of anilines is 2. The van der Waals surface area contributed by atoms with Gasteiger partial charge < -0.3 is 29.3 Å². The Morgan fingerprint density at radius 1 is 1.05 bits per heavy atom. The molecule has 1 N–H and O–H groups in total. The number of alkyl halides is 1. The summed E-state index contributed by atoms with van der Waals surface area (Å²) >= 11 is 5.39. The van der Waals surface area contributed by atoms with Crippen LogP contribution in [0.4, 0.5) is 11.4 Å². The number of aliphatic hydroxyl groups excluding tert-OH is 1. The summed E-state index contributed by atoms with van der Waals surface area (Å²) in [7, 11) is 1.58. The molecular weight excluding hydrogens is 646 g/mol. The topological polar surface area (TPSA) is 99.6 Å². The number of rotatable bonds is 13. The van der Waals surface area contributed by atoms with Crippen LogP contribution >= 0.6 is 27.7 Å². The van der Waals surface area contributed by atoms with Crippen molar-refractivity contribution in [3.8, 4) is 11.5 Å². The predicted octanol–water partition coefficient (Wildman–Crippen LogP) is 4.29. The fraction of sp³-hybridized carbons (Fsp3) is 0.424. The van der Waals surface area contributed by atoms with Crippen molar-refractivity contribution in [2.45, 2.75) is 34.2 Å². The van der Waals surface area contributed by atoms with Gasteiger partial charge in [-0.1, -0.05) is 28.1 Å². The molecule has 0 radical (unpaired) electrons. The normalized spacial score (nSPS) is 26.7. The van der Waals surface area contributed by atoms with Gasteiger partial charge in [-0.2, -0.15) is 0 Å². The first-order chi connectivity index (χ1) is 21.3. The zero-order valence-corrected chi connectivity index (χ0v) is 27.3. The number of amides is 3. The molecule has 234 valence electrons. The van der Waals surface area contributed by atoms with Gasteiger partial charge >= 0.3 is 0 Å². The molecule has 44 heavy (non-hydrogen) atoms. The van der Waals surface area contributed by atoms with Crippen molar-refractivity contribution >= 4 is 56.8 Å². The van der Waals surface area contributed by atoms with Gasteiger partial charge in [0.25, 0.3) is 5.91 Å². The van der Waals surface area contributed by atoms with E-state index >= 15 is 0 Å². The van der Waals surface area contributed by atoms with Crippen LogP contribution < -0.4 is 19.3 Å². The molecule has 0 aliphatic carbocycles. The molecule has 0 saturated carbocycles. The monoisotopic (exact) mass is 683 g/mol. The van der Waals surface area contributed by atoms with E-state index < -0.39 is 22.6 Å². The van der Waals surface area contributed by atoms with E-state index in [1.165, 1.54) is 4.90 Å². The molecule has 11 heteroatoms. The maximum Gasteiger partial charge on any atom is 0.251 e. The van der Waals surface area contributed by atoms with Crippen LogP contribution in [0, 0.1) is 11.8 Å². The average Bonchev–Trinajstić information content (AvgIpc) is 3.62. The molecule has 3 amide bonds. The van der Waals surface area contributed by atoms with Crippen molar-refractivity contribution in [2.75, 3.05) is 49.8 Å². The number of ether oxygens (including phenoxy) is 2. The summed E-state index contributed by atoms with van der Waals surface area (Å²) in [6.07, 6.45) is 3.85. The third-order valence-electron chi connectivity index (χ3n) is 8.65. The molecule has 5 rings (SSSR count). The highest BCUT2D eigenvalue weighted by Crippen LogP contribution is 2.68. The minimum absolute atomic E-state index is 0.00756. The molecule has 2 aromatic carbocycles. The lowest BCUT2D eigenvalue weighted by Crippen LogP contribution is -2.56. The Morgan fingerprint density at radius 2 is 1.61 bits per heavy atom. The Balaban J connectivity index is 1.54. The first-order valence-electron chi connectivity index (χ1n) is 14.7. The quantitative estimate of drug-likeness (QED) is 0.249. The highest BCUT2D eigenvalue weighted by atomic mass is 79.9. The largest absolute Gasteiger partial charge is 0.497 e. The van der Waals surface area contributed by atoms with Crippen LogP contribution in [-0.2, 0) is 14.4 Å². The van der Waals surface area contributed by atoms with Crippen LogP contribution in [0.3, 0.4) is 0 Å². The van der Waals surface area contributed by atoms with E-state index in [2.05, 4.69) is 29.1 Å². The second kappa shape index (κ2) is 13.4. The van der Waals surface area contributed by atoms with Crippen LogP contribution in [0.1, 0.15) is 13.3 Å². The smallest absolute Gasteiger partial charge is 0.251 e. The number of halogens is 1. The standard InChI is InChI=1S/C33H38BrN3O6S/c1-5-16-35(21-10-14-24(15-11-21)43-7-3)30(39)26-27-31(40)37(18-19-38)29(33(27)20-25(34)28(26)44-33)32(41)36(17-6-2)22-8-12-23(42-4)13-9-22/h5-6,8-15,25-29,38H,1-2,7,16-20H2,3-4H3/t25?,26-,27-,28-,29?,33?/m0/s1. The molecule has 3 aliphatic rings. The van der Waals surface area contributed by atoms with Gasteiger partial charge in [-0.05, 0) is 61.9 Å². The zero-order valence-electron chi connectivity index (χ0n) is 24.9. The molecule has 3 unspecified atom stereocenters. The lowest BCUT2D eigenvalue weighted by Gasteiger charge is -2.38. The number of hydrogen-bond acceptors (Lipinski definition) is 7. The van der Waals surface area contributed by atoms with Crippen LogP contribution in [0.25, 0.3) is 0 Å². The number of carbonyl (C=O) groups is 3. The van der Waals surface area contributed by atoms with Crippen molar-refractivity contribution in [3.63, 3.8) is 0 Å². The van der Waals surface area contributed by atoms with E-state index in [0.29, 0.717) is 35.9 Å². The van der Waals surface area contributed by atoms with Crippen LogP contribution in [0.5, 0.6) is 11.5 Å². The van der Waals surface area contributed by atoms with Crippen molar-refractivity contribution in [2.24, 2.45) is 11.8 Å². The molecule has 3 saturated heterocycles. The van der Waals surface area contributed by atoms with E-state index in [0.717, 1.165) is 0 Å². The summed E-state index contributed by atoms with van der Waals surface area (Å²) in [4.78, 5) is 48.1. The summed E-state index contributed by atoms with van der Waals surface area (Å²) in [6, 6.07) is 13.6. The Kier molecular flexibility index (Phi) is 9.77. The first kappa shape index (κ1) is 32.1. The third-order valence-corrected chi connectivity index (χ3v) is 11.9.